The summed E-state index contributed by atoms with van der Waals surface area (Å²) in [5, 5.41) is 0. The van der Waals surface area contributed by atoms with E-state index in [0.717, 1.165) is 273 Å². The van der Waals surface area contributed by atoms with Crippen molar-refractivity contribution in [2.45, 2.75) is 279 Å². The molecule has 0 radical (unpaired) electrons. The quantitative estimate of drug-likeness (QED) is 0.113. The van der Waals surface area contributed by atoms with Gasteiger partial charge in [0.25, 0.3) is 0 Å². The average molecular weight is 1090 g/mol. The number of rotatable bonds is 0. The van der Waals surface area contributed by atoms with Crippen molar-refractivity contribution in [3.05, 3.63) is 69.3 Å². The lowest BCUT2D eigenvalue weighted by Crippen LogP contribution is -2.30. The van der Waals surface area contributed by atoms with Gasteiger partial charge in [0.1, 0.15) is 24.4 Å². The molecule has 4 saturated carbocycles. The lowest BCUT2D eigenvalue weighted by atomic mass is 9.80. The Balaban J connectivity index is 1.15. The van der Waals surface area contributed by atoms with E-state index in [9.17, 15) is 19.2 Å². The summed E-state index contributed by atoms with van der Waals surface area (Å²) in [6.07, 6.45) is 39.7. The molecule has 80 heavy (non-hydrogen) atoms. The zero-order valence-electron chi connectivity index (χ0n) is 47.9. The second-order valence-electron chi connectivity index (χ2n) is 25.0. The molecule has 2 N–H and O–H groups in total. The van der Waals surface area contributed by atoms with Gasteiger partial charge in [0.2, 0.25) is 0 Å². The third kappa shape index (κ3) is 13.7. The van der Waals surface area contributed by atoms with Crippen molar-refractivity contribution >= 4 is 70.2 Å². The van der Waals surface area contributed by atoms with Crippen LogP contribution in [0.25, 0.3) is 46.4 Å². The number of H-pyrrole nitrogens is 2. The zero-order chi connectivity index (χ0) is 54.6. The van der Waals surface area contributed by atoms with Gasteiger partial charge < -0.3 is 28.9 Å². The first kappa shape index (κ1) is 56.3. The van der Waals surface area contributed by atoms with Crippen LogP contribution in [0.1, 0.15) is 300 Å². The van der Waals surface area contributed by atoms with Crippen LogP contribution in [0.5, 0.6) is 0 Å². The van der Waals surface area contributed by atoms with E-state index in [0.29, 0.717) is 25.7 Å². The first-order chi connectivity index (χ1) is 39.3. The summed E-state index contributed by atoms with van der Waals surface area (Å²) in [6.45, 7) is 0. The second kappa shape index (κ2) is 27.5. The molecule has 3 aromatic heterocycles. The van der Waals surface area contributed by atoms with Crippen LogP contribution in [-0.4, -0.2) is 68.2 Å². The summed E-state index contributed by atoms with van der Waals surface area (Å²) in [7, 11) is 0. The summed E-state index contributed by atoms with van der Waals surface area (Å²) < 4.78 is 26.5. The number of hydrogen-bond acceptors (Lipinski definition) is 10. The van der Waals surface area contributed by atoms with E-state index >= 15 is 0 Å². The van der Waals surface area contributed by atoms with Crippen LogP contribution in [0, 0.1) is 0 Å². The zero-order valence-corrected chi connectivity index (χ0v) is 47.9. The van der Waals surface area contributed by atoms with E-state index in [4.69, 9.17) is 28.9 Å². The van der Waals surface area contributed by atoms with Gasteiger partial charge in [-0.05, 0) is 151 Å². The number of hydrogen-bond donors (Lipinski definition) is 2. The van der Waals surface area contributed by atoms with E-state index in [2.05, 4.69) is 58.5 Å². The molecule has 0 spiro atoms. The SMILES string of the molecule is O=C1CCCCCCCCCCC(=O)O[C@H]2CCCC[C@@H]2c2c3nc(c(c4ccc([nH]4)c4c5nc(c(c6ccc2[nH]6)[C@H]2CCCC[C@@H]2OC(=O)CCCCCCCCCCC(=O)O[C@H]2CCCC[C@H]42)C=C5)[C@H]2CCCC[C@@H]2O1)C=C3. The number of esters is 4. The van der Waals surface area contributed by atoms with Crippen LogP contribution in [-0.2, 0) is 38.1 Å². The van der Waals surface area contributed by atoms with Gasteiger partial charge in [0.05, 0.1) is 22.8 Å². The Morgan fingerprint density at radius 2 is 0.500 bits per heavy atom. The molecule has 430 valence electrons. The largest absolute Gasteiger partial charge is 0.462 e. The Bertz CT molecular complexity index is 2520. The van der Waals surface area contributed by atoms with Gasteiger partial charge >= 0.3 is 23.9 Å². The molecule has 4 aliphatic heterocycles. The van der Waals surface area contributed by atoms with E-state index in [1.54, 1.807) is 0 Å². The molecule has 8 atom stereocenters. The van der Waals surface area contributed by atoms with Gasteiger partial charge in [-0.3, -0.25) is 19.2 Å². The summed E-state index contributed by atoms with van der Waals surface area (Å²) in [4.78, 5) is 75.1. The van der Waals surface area contributed by atoms with Crippen LogP contribution < -0.4 is 0 Å². The molecule has 0 saturated heterocycles. The molecule has 0 amide bonds. The number of fused-ring (bicyclic) bond motifs is 16. The van der Waals surface area contributed by atoms with Crippen LogP contribution >= 0.6 is 0 Å². The Kier molecular flexibility index (Phi) is 19.4. The summed E-state index contributed by atoms with van der Waals surface area (Å²) >= 11 is 0. The first-order valence-electron chi connectivity index (χ1n) is 32.3. The van der Waals surface area contributed by atoms with Crippen molar-refractivity contribution in [1.82, 2.24) is 19.9 Å². The summed E-state index contributed by atoms with van der Waals surface area (Å²) in [5.74, 6) is -0.931. The molecule has 0 unspecified atom stereocenters. The lowest BCUT2D eigenvalue weighted by molar-refractivity contribution is -0.152. The molecule has 4 fully saturated rings. The lowest BCUT2D eigenvalue weighted by Gasteiger charge is -2.33. The van der Waals surface area contributed by atoms with Crippen molar-refractivity contribution in [2.75, 3.05) is 0 Å². The predicted molar refractivity (Wildman–Crippen MR) is 316 cm³/mol. The molecule has 7 heterocycles. The highest BCUT2D eigenvalue weighted by molar-refractivity contribution is 5.85. The third-order valence-corrected chi connectivity index (χ3v) is 19.4. The minimum Gasteiger partial charge on any atom is -0.462 e. The first-order valence-corrected chi connectivity index (χ1v) is 32.3. The number of carbonyl (C=O) groups excluding carboxylic acids is 4. The molecule has 3 aromatic rings. The highest BCUT2D eigenvalue weighted by Gasteiger charge is 2.39. The molecular formula is C68H90N4O8. The fourth-order valence-corrected chi connectivity index (χ4v) is 15.2. The average Bonchev–Trinajstić information content (AvgIpc) is 4.40. The Morgan fingerprint density at radius 3 is 0.738 bits per heavy atom. The maximum Gasteiger partial charge on any atom is 0.306 e. The maximum absolute atomic E-state index is 13.9. The van der Waals surface area contributed by atoms with Crippen LogP contribution in [0.2, 0.25) is 0 Å². The molecule has 11 rings (SSSR count). The molecule has 12 heteroatoms. The Morgan fingerprint density at radius 1 is 0.287 bits per heavy atom. The number of ether oxygens (including phenoxy) is 4. The van der Waals surface area contributed by atoms with Gasteiger partial charge in [0.15, 0.2) is 0 Å². The van der Waals surface area contributed by atoms with Crippen molar-refractivity contribution in [1.29, 1.82) is 0 Å². The summed E-state index contributed by atoms with van der Waals surface area (Å²) in [6, 6.07) is 8.77. The van der Waals surface area contributed by atoms with E-state index in [1.165, 1.54) is 0 Å². The maximum atomic E-state index is 13.9. The highest BCUT2D eigenvalue weighted by atomic mass is 16.6. The predicted octanol–water partition coefficient (Wildman–Crippen LogP) is 16.8. The summed E-state index contributed by atoms with van der Waals surface area (Å²) in [5.41, 5.74) is 11.2. The smallest absolute Gasteiger partial charge is 0.306 e. The monoisotopic (exact) mass is 1090 g/mol. The highest BCUT2D eigenvalue weighted by Crippen LogP contribution is 2.46. The number of carbonyl (C=O) groups is 4. The Hall–Kier alpha value is -5.52. The molecular weight excluding hydrogens is 1000 g/mol. The van der Waals surface area contributed by atoms with E-state index in [1.807, 2.05) is 0 Å². The fourth-order valence-electron chi connectivity index (χ4n) is 15.2. The number of nitrogens with zero attached hydrogens (tertiary/aromatic N) is 2. The van der Waals surface area contributed by atoms with Crippen molar-refractivity contribution in [3.8, 4) is 0 Å². The van der Waals surface area contributed by atoms with Gasteiger partial charge in [-0.15, -0.1) is 0 Å². The molecule has 12 bridgehead atoms. The van der Waals surface area contributed by atoms with Gasteiger partial charge in [-0.25, -0.2) is 9.97 Å². The van der Waals surface area contributed by atoms with Gasteiger partial charge in [-0.2, -0.15) is 0 Å². The van der Waals surface area contributed by atoms with Crippen LogP contribution in [0.3, 0.4) is 0 Å². The minimum absolute atomic E-state index is 0.116. The van der Waals surface area contributed by atoms with Crippen molar-refractivity contribution in [2.24, 2.45) is 0 Å². The molecule has 12 nitrogen and oxygen atoms in total. The fraction of sp³-hybridized carbons (Fsp3) is 0.647. The number of aromatic amines is 2. The number of aromatic nitrogens is 4. The van der Waals surface area contributed by atoms with Crippen molar-refractivity contribution < 1.29 is 38.1 Å². The van der Waals surface area contributed by atoms with Gasteiger partial charge in [0, 0.05) is 93.7 Å². The van der Waals surface area contributed by atoms with Crippen LogP contribution in [0.4, 0.5) is 0 Å². The molecule has 0 aromatic carbocycles. The van der Waals surface area contributed by atoms with E-state index < -0.39 is 0 Å². The standard InChI is InChI=1S/C68H90N4O8/c73-61-33-13-9-5-1-2-6-10-14-34-62(74)78-58-30-22-18-26-46(58)66-50-38-37-49(69-50)65(45-25-17-21-29-57(45)77-61)53-41-42-55(71-53)67-47-27-19-23-31-59(47)79-63(75)35-15-11-7-3-4-8-12-16-36-64(76)80-60-32-24-20-28-48(60)68(52-40-39-51(67)70-52)56-44-43-54(66)72-56/h37-48,57-60,71-72H,1-36H2/t45-,46-,47-,48-,57-,58-,59-,60-/m0/s1. The van der Waals surface area contributed by atoms with Gasteiger partial charge in [-0.1, -0.05) is 103 Å². The topological polar surface area (TPSA) is 163 Å². The molecule has 4 aliphatic carbocycles. The van der Waals surface area contributed by atoms with Crippen LogP contribution in [0.15, 0.2) is 24.3 Å². The normalized spacial score (nSPS) is 28.6. The molecule has 8 aliphatic rings. The second-order valence-corrected chi connectivity index (χ2v) is 25.0. The minimum atomic E-state index is -0.309. The Labute approximate surface area is 474 Å². The number of nitrogens with one attached hydrogen (secondary N) is 2. The van der Waals surface area contributed by atoms with Crippen molar-refractivity contribution in [3.63, 3.8) is 0 Å². The van der Waals surface area contributed by atoms with E-state index in [-0.39, 0.29) is 72.0 Å². The third-order valence-electron chi connectivity index (χ3n) is 19.4.